The number of carboxylic acids is 1. The topological polar surface area (TPSA) is 53.9 Å². The van der Waals surface area contributed by atoms with Crippen molar-refractivity contribution in [2.45, 2.75) is 58.8 Å². The molecule has 1 rings (SSSR count). The zero-order valence-electron chi connectivity index (χ0n) is 14.4. The summed E-state index contributed by atoms with van der Waals surface area (Å²) in [6.07, 6.45) is 3.04. The van der Waals surface area contributed by atoms with Gasteiger partial charge in [-0.25, -0.2) is 0 Å². The molecule has 0 aliphatic heterocycles. The fourth-order valence-corrected chi connectivity index (χ4v) is 2.47. The zero-order chi connectivity index (χ0) is 16.8. The third-order valence-electron chi connectivity index (χ3n) is 4.41. The van der Waals surface area contributed by atoms with Crippen LogP contribution in [-0.4, -0.2) is 17.6 Å². The van der Waals surface area contributed by atoms with E-state index in [2.05, 4.69) is 57.8 Å². The minimum atomic E-state index is -0.701. The van der Waals surface area contributed by atoms with Crippen LogP contribution in [0.3, 0.4) is 0 Å². The first-order valence-corrected chi connectivity index (χ1v) is 8.07. The van der Waals surface area contributed by atoms with Gasteiger partial charge in [0.25, 0.3) is 0 Å². The summed E-state index contributed by atoms with van der Waals surface area (Å²) in [7, 11) is 0. The second-order valence-corrected chi connectivity index (χ2v) is 6.69. The summed E-state index contributed by atoms with van der Waals surface area (Å²) in [5, 5.41) is 10.9. The van der Waals surface area contributed by atoms with E-state index in [0.29, 0.717) is 0 Å². The van der Waals surface area contributed by atoms with Crippen LogP contribution in [0.15, 0.2) is 30.4 Å². The SMILES string of the molecule is C=C(C)C(C)(C)c1cc(C)ccc1[NH2+]CCCCCC(=O)O. The van der Waals surface area contributed by atoms with Crippen molar-refractivity contribution < 1.29 is 15.2 Å². The highest BCUT2D eigenvalue weighted by atomic mass is 16.4. The minimum Gasteiger partial charge on any atom is -0.481 e. The molecule has 1 aromatic carbocycles. The van der Waals surface area contributed by atoms with Crippen LogP contribution in [0.25, 0.3) is 0 Å². The van der Waals surface area contributed by atoms with Crippen LogP contribution in [-0.2, 0) is 10.2 Å². The summed E-state index contributed by atoms with van der Waals surface area (Å²) >= 11 is 0. The predicted octanol–water partition coefficient (Wildman–Crippen LogP) is 3.69. The first-order valence-electron chi connectivity index (χ1n) is 8.07. The summed E-state index contributed by atoms with van der Waals surface area (Å²) in [4.78, 5) is 10.5. The van der Waals surface area contributed by atoms with Crippen LogP contribution in [0.1, 0.15) is 57.6 Å². The Hall–Kier alpha value is -1.61. The number of aliphatic carboxylic acids is 1. The van der Waals surface area contributed by atoms with E-state index < -0.39 is 5.97 Å². The van der Waals surface area contributed by atoms with E-state index in [1.807, 2.05) is 0 Å². The maximum Gasteiger partial charge on any atom is 0.303 e. The molecule has 22 heavy (non-hydrogen) atoms. The molecule has 3 heteroatoms. The summed E-state index contributed by atoms with van der Waals surface area (Å²) < 4.78 is 0. The number of hydrogen-bond donors (Lipinski definition) is 2. The lowest BCUT2D eigenvalue weighted by molar-refractivity contribution is -0.572. The molecule has 0 fully saturated rings. The van der Waals surface area contributed by atoms with Crippen molar-refractivity contribution in [1.29, 1.82) is 0 Å². The maximum atomic E-state index is 10.5. The largest absolute Gasteiger partial charge is 0.481 e. The Morgan fingerprint density at radius 2 is 1.95 bits per heavy atom. The molecule has 3 N–H and O–H groups in total. The van der Waals surface area contributed by atoms with E-state index in [9.17, 15) is 4.79 Å². The Labute approximate surface area is 134 Å². The van der Waals surface area contributed by atoms with E-state index >= 15 is 0 Å². The van der Waals surface area contributed by atoms with Gasteiger partial charge in [-0.2, -0.15) is 0 Å². The molecule has 0 aliphatic carbocycles. The van der Waals surface area contributed by atoms with Crippen molar-refractivity contribution >= 4 is 11.7 Å². The second kappa shape index (κ2) is 8.14. The van der Waals surface area contributed by atoms with Crippen molar-refractivity contribution in [3.05, 3.63) is 41.5 Å². The number of aryl methyl sites for hydroxylation is 1. The standard InChI is InChI=1S/C19H29NO2/c1-14(2)19(4,5)16-13-15(3)10-11-17(16)20-12-8-6-7-9-18(21)22/h10-11,13,20H,1,6-9,12H2,2-5H3,(H,21,22)/p+1. The molecule has 0 aliphatic rings. The number of nitrogens with two attached hydrogens (primary N) is 1. The van der Waals surface area contributed by atoms with Gasteiger partial charge in [0, 0.05) is 17.4 Å². The number of rotatable bonds is 9. The molecule has 0 heterocycles. The molecule has 0 aromatic heterocycles. The van der Waals surface area contributed by atoms with Crippen LogP contribution < -0.4 is 5.32 Å². The summed E-state index contributed by atoms with van der Waals surface area (Å²) in [6.45, 7) is 13.8. The summed E-state index contributed by atoms with van der Waals surface area (Å²) in [5.41, 5.74) is 4.99. The number of carbonyl (C=O) groups is 1. The smallest absolute Gasteiger partial charge is 0.303 e. The van der Waals surface area contributed by atoms with Crippen LogP contribution in [0.5, 0.6) is 0 Å². The fraction of sp³-hybridized carbons (Fsp3) is 0.526. The Morgan fingerprint density at radius 1 is 1.27 bits per heavy atom. The first-order chi connectivity index (χ1) is 10.2. The van der Waals surface area contributed by atoms with Crippen LogP contribution in [0.2, 0.25) is 0 Å². The predicted molar refractivity (Wildman–Crippen MR) is 91.6 cm³/mol. The molecule has 0 amide bonds. The van der Waals surface area contributed by atoms with E-state index in [-0.39, 0.29) is 11.8 Å². The van der Waals surface area contributed by atoms with Crippen molar-refractivity contribution in [3.8, 4) is 0 Å². The Morgan fingerprint density at radius 3 is 2.55 bits per heavy atom. The monoisotopic (exact) mass is 304 g/mol. The van der Waals surface area contributed by atoms with Crippen molar-refractivity contribution in [1.82, 2.24) is 0 Å². The quantitative estimate of drug-likeness (QED) is 0.415. The van der Waals surface area contributed by atoms with Crippen LogP contribution >= 0.6 is 0 Å². The van der Waals surface area contributed by atoms with E-state index in [0.717, 1.165) is 31.4 Å². The molecule has 122 valence electrons. The van der Waals surface area contributed by atoms with Crippen LogP contribution in [0.4, 0.5) is 5.69 Å². The van der Waals surface area contributed by atoms with Gasteiger partial charge in [-0.3, -0.25) is 4.79 Å². The molecule has 1 aromatic rings. The third-order valence-corrected chi connectivity index (χ3v) is 4.41. The molecule has 3 nitrogen and oxygen atoms in total. The summed E-state index contributed by atoms with van der Waals surface area (Å²) in [5.74, 6) is -0.701. The minimum absolute atomic E-state index is 0.0405. The van der Waals surface area contributed by atoms with Crippen molar-refractivity contribution in [2.24, 2.45) is 0 Å². The average molecular weight is 304 g/mol. The average Bonchev–Trinajstić information content (AvgIpc) is 2.43. The lowest BCUT2D eigenvalue weighted by atomic mass is 9.77. The number of hydrogen-bond acceptors (Lipinski definition) is 1. The van der Waals surface area contributed by atoms with E-state index in [1.54, 1.807) is 0 Å². The fourth-order valence-electron chi connectivity index (χ4n) is 2.47. The molecule has 0 unspecified atom stereocenters. The molecule has 0 saturated carbocycles. The second-order valence-electron chi connectivity index (χ2n) is 6.69. The van der Waals surface area contributed by atoms with Gasteiger partial charge in [-0.1, -0.05) is 37.6 Å². The Bertz CT molecular complexity index is 532. The van der Waals surface area contributed by atoms with E-state index in [1.165, 1.54) is 16.8 Å². The number of allylic oxidation sites excluding steroid dienone is 1. The number of benzene rings is 1. The molecule has 0 atom stereocenters. The van der Waals surface area contributed by atoms with Crippen molar-refractivity contribution in [3.63, 3.8) is 0 Å². The maximum absolute atomic E-state index is 10.5. The lowest BCUT2D eigenvalue weighted by Gasteiger charge is -2.27. The number of quaternary nitrogens is 1. The van der Waals surface area contributed by atoms with Gasteiger partial charge in [-0.15, -0.1) is 0 Å². The molecule has 0 spiro atoms. The lowest BCUT2D eigenvalue weighted by Crippen LogP contribution is -2.78. The third kappa shape index (κ3) is 5.30. The highest BCUT2D eigenvalue weighted by molar-refractivity contribution is 5.66. The number of unbranched alkanes of at least 4 members (excludes halogenated alkanes) is 2. The summed E-state index contributed by atoms with van der Waals surface area (Å²) in [6, 6.07) is 6.59. The van der Waals surface area contributed by atoms with Crippen molar-refractivity contribution in [2.75, 3.05) is 6.54 Å². The van der Waals surface area contributed by atoms with Gasteiger partial charge < -0.3 is 10.4 Å². The molecular formula is C19H30NO2+. The molecule has 0 radical (unpaired) electrons. The normalized spacial score (nSPS) is 11.5. The molecule has 0 saturated heterocycles. The Kier molecular flexibility index (Phi) is 6.82. The zero-order valence-corrected chi connectivity index (χ0v) is 14.4. The van der Waals surface area contributed by atoms with Gasteiger partial charge in [-0.05, 0) is 45.2 Å². The van der Waals surface area contributed by atoms with Gasteiger partial charge >= 0.3 is 5.97 Å². The van der Waals surface area contributed by atoms with Gasteiger partial charge in [0.15, 0.2) is 0 Å². The van der Waals surface area contributed by atoms with Crippen LogP contribution in [0, 0.1) is 6.92 Å². The molecular weight excluding hydrogens is 274 g/mol. The number of carboxylic acid groups (broad SMARTS) is 1. The highest BCUT2D eigenvalue weighted by Gasteiger charge is 2.26. The Balaban J connectivity index is 2.67. The van der Waals surface area contributed by atoms with Gasteiger partial charge in [0.05, 0.1) is 6.54 Å². The van der Waals surface area contributed by atoms with Gasteiger partial charge in [0.2, 0.25) is 0 Å². The van der Waals surface area contributed by atoms with Gasteiger partial charge in [0.1, 0.15) is 5.69 Å². The molecule has 0 bridgehead atoms. The first kappa shape index (κ1) is 18.4. The van der Waals surface area contributed by atoms with E-state index in [4.69, 9.17) is 5.11 Å². The highest BCUT2D eigenvalue weighted by Crippen LogP contribution is 2.34.